The quantitative estimate of drug-likeness (QED) is 0.437. The van der Waals surface area contributed by atoms with E-state index in [0.717, 1.165) is 16.1 Å². The van der Waals surface area contributed by atoms with Crippen molar-refractivity contribution in [1.29, 1.82) is 0 Å². The molecule has 1 aromatic carbocycles. The van der Waals surface area contributed by atoms with Gasteiger partial charge in [-0.3, -0.25) is 5.87 Å². The first-order valence-corrected chi connectivity index (χ1v) is 10.6. The lowest BCUT2D eigenvalue weighted by Crippen LogP contribution is -2.43. The van der Waals surface area contributed by atoms with Crippen molar-refractivity contribution < 1.29 is 4.24 Å². The van der Waals surface area contributed by atoms with Crippen LogP contribution >= 0.6 is 0 Å². The average molecular weight is 294 g/mol. The molecule has 0 aliphatic heterocycles. The van der Waals surface area contributed by atoms with E-state index in [-0.39, 0.29) is 0 Å². The minimum atomic E-state index is -1.37. The van der Waals surface area contributed by atoms with Crippen molar-refractivity contribution in [3.05, 3.63) is 69.5 Å². The summed E-state index contributed by atoms with van der Waals surface area (Å²) in [6.45, 7) is 15.4. The summed E-state index contributed by atoms with van der Waals surface area (Å²) >= 11 is 0. The predicted molar refractivity (Wildman–Crippen MR) is 91.1 cm³/mol. The normalized spacial score (nSPS) is 13.0. The first kappa shape index (κ1) is 15.4. The zero-order valence-corrected chi connectivity index (χ0v) is 14.5. The van der Waals surface area contributed by atoms with Crippen LogP contribution in [0.15, 0.2) is 30.5 Å². The Labute approximate surface area is 127 Å². The molecule has 0 aliphatic rings. The molecule has 2 nitrogen and oxygen atoms in total. The molecule has 0 radical (unpaired) electrons. The molecule has 2 rings (SSSR count). The maximum Gasteiger partial charge on any atom is 0.217 e. The minimum absolute atomic E-state index is 0.697. The number of nitrogens with zero attached hydrogens (tertiary/aromatic N) is 2. The third-order valence-electron chi connectivity index (χ3n) is 3.81. The monoisotopic (exact) mass is 294 g/mol. The van der Waals surface area contributed by atoms with Crippen molar-refractivity contribution in [1.82, 2.24) is 0 Å². The number of aromatic nitrogens is 1. The summed E-state index contributed by atoms with van der Waals surface area (Å²) in [5.41, 5.74) is 2.43. The molecule has 0 fully saturated rings. The van der Waals surface area contributed by atoms with Gasteiger partial charge in [0.05, 0.1) is 8.07 Å². The summed E-state index contributed by atoms with van der Waals surface area (Å²) < 4.78 is 1.97. The topological polar surface area (TPSA) is 28.2 Å². The second-order valence-electron chi connectivity index (χ2n) is 6.62. The number of aryl methyl sites for hydroxylation is 2. The second kappa shape index (κ2) is 5.43. The van der Waals surface area contributed by atoms with E-state index in [2.05, 4.69) is 51.4 Å². The third-order valence-corrected chi connectivity index (χ3v) is 5.95. The van der Waals surface area contributed by atoms with Crippen molar-refractivity contribution in [3.63, 3.8) is 0 Å². The molecule has 0 saturated heterocycles. The molecule has 21 heavy (non-hydrogen) atoms. The molecule has 0 bridgehead atoms. The highest BCUT2D eigenvalue weighted by Gasteiger charge is 2.21. The summed E-state index contributed by atoms with van der Waals surface area (Å²) in [5.74, 6) is 2.18. The van der Waals surface area contributed by atoms with Crippen LogP contribution in [0.25, 0.3) is 5.41 Å². The van der Waals surface area contributed by atoms with Crippen molar-refractivity contribution in [2.24, 2.45) is 0 Å². The lowest BCUT2D eigenvalue weighted by Gasteiger charge is -2.16. The van der Waals surface area contributed by atoms with E-state index in [9.17, 15) is 0 Å². The summed E-state index contributed by atoms with van der Waals surface area (Å²) in [6, 6.07) is 8.02. The van der Waals surface area contributed by atoms with Gasteiger partial charge < -0.3 is 5.41 Å². The van der Waals surface area contributed by atoms with Gasteiger partial charge in [0.1, 0.15) is 6.72 Å². The Kier molecular flexibility index (Phi) is 3.99. The van der Waals surface area contributed by atoms with Gasteiger partial charge in [0.15, 0.2) is 6.20 Å². The van der Waals surface area contributed by atoms with Crippen molar-refractivity contribution in [3.8, 4) is 0 Å². The fourth-order valence-electron chi connectivity index (χ4n) is 2.73. The molecule has 0 unspecified atom stereocenters. The lowest BCUT2D eigenvalue weighted by molar-refractivity contribution is -0.509. The SMILES string of the molecule is C=[n+]1cc([Si](C)(C)C)c(C)cc1=c1ccc(=C=[N-])cc1C. The molecule has 0 aliphatic carbocycles. The average Bonchev–Trinajstić information content (AvgIpc) is 2.40. The van der Waals surface area contributed by atoms with Crippen LogP contribution in [0.2, 0.25) is 19.6 Å². The Morgan fingerprint density at radius 1 is 1.10 bits per heavy atom. The molecule has 0 saturated carbocycles. The zero-order valence-electron chi connectivity index (χ0n) is 13.5. The smallest absolute Gasteiger partial charge is 0.217 e. The number of benzene rings is 1. The van der Waals surface area contributed by atoms with Crippen molar-refractivity contribution >= 4 is 19.1 Å². The molecule has 1 heterocycles. The number of pyridine rings is 1. The molecule has 2 aromatic rings. The van der Waals surface area contributed by atoms with Gasteiger partial charge in [-0.25, -0.2) is 0 Å². The molecule has 108 valence electrons. The fourth-order valence-corrected chi connectivity index (χ4v) is 4.53. The van der Waals surface area contributed by atoms with Crippen LogP contribution in [0.1, 0.15) is 11.1 Å². The van der Waals surface area contributed by atoms with Gasteiger partial charge in [-0.05, 0) is 48.4 Å². The van der Waals surface area contributed by atoms with Crippen LogP contribution < -0.4 is 14.6 Å². The number of hydrogen-bond donors (Lipinski definition) is 0. The third kappa shape index (κ3) is 3.04. The van der Waals surface area contributed by atoms with Gasteiger partial charge >= 0.3 is 0 Å². The number of hydrogen-bond acceptors (Lipinski definition) is 0. The summed E-state index contributed by atoms with van der Waals surface area (Å²) in [7, 11) is -1.37. The maximum absolute atomic E-state index is 8.99. The van der Waals surface area contributed by atoms with Crippen LogP contribution in [0.5, 0.6) is 0 Å². The Morgan fingerprint density at radius 2 is 1.76 bits per heavy atom. The molecule has 0 spiro atoms. The van der Waals surface area contributed by atoms with Gasteiger partial charge in [-0.1, -0.05) is 19.6 Å². The second-order valence-corrected chi connectivity index (χ2v) is 11.7. The van der Waals surface area contributed by atoms with Crippen LogP contribution in [0, 0.1) is 31.1 Å². The molecule has 0 N–H and O–H groups in total. The maximum atomic E-state index is 8.99. The largest absolute Gasteiger partial charge is 0.763 e. The van der Waals surface area contributed by atoms with Gasteiger partial charge in [0.2, 0.25) is 5.35 Å². The Hall–Kier alpha value is -1.96. The molecule has 0 amide bonds. The van der Waals surface area contributed by atoms with Gasteiger partial charge in [-0.2, -0.15) is 4.24 Å². The van der Waals surface area contributed by atoms with E-state index in [1.165, 1.54) is 10.8 Å². The summed E-state index contributed by atoms with van der Waals surface area (Å²) in [6.07, 6.45) is 2.18. The lowest BCUT2D eigenvalue weighted by atomic mass is 10.1. The molecule has 0 atom stereocenters. The van der Waals surface area contributed by atoms with Gasteiger partial charge in [-0.15, -0.1) is 0 Å². The predicted octanol–water partition coefficient (Wildman–Crippen LogP) is 1.97. The molecular weight excluding hydrogens is 272 g/mol. The van der Waals surface area contributed by atoms with Crippen molar-refractivity contribution in [2.45, 2.75) is 33.5 Å². The molecular formula is C18H22N2Si. The van der Waals surface area contributed by atoms with Gasteiger partial charge in [0, 0.05) is 16.5 Å². The Bertz CT molecular complexity index is 917. The Balaban J connectivity index is 2.96. The van der Waals surface area contributed by atoms with Crippen LogP contribution in [-0.2, 0) is 0 Å². The van der Waals surface area contributed by atoms with Crippen LogP contribution in [-0.4, -0.2) is 13.9 Å². The van der Waals surface area contributed by atoms with E-state index in [1.807, 2.05) is 29.4 Å². The van der Waals surface area contributed by atoms with E-state index >= 15 is 0 Å². The highest BCUT2D eigenvalue weighted by Crippen LogP contribution is 2.06. The van der Waals surface area contributed by atoms with E-state index in [4.69, 9.17) is 5.41 Å². The van der Waals surface area contributed by atoms with Gasteiger partial charge in [0.25, 0.3) is 0 Å². The highest BCUT2D eigenvalue weighted by atomic mass is 28.3. The standard InChI is InChI=1S/C18H22N2Si/c1-13-9-15(11-19)7-8-16(13)17-10-14(2)18(12-20(17)3)21(4,5)6/h7-10,12H,3H2,1-2,4-6H3. The first-order valence-electron chi connectivity index (χ1n) is 7.13. The highest BCUT2D eigenvalue weighted by molar-refractivity contribution is 6.88. The molecule has 1 aromatic heterocycles. The van der Waals surface area contributed by atoms with Crippen LogP contribution in [0.4, 0.5) is 0 Å². The van der Waals surface area contributed by atoms with E-state index < -0.39 is 8.07 Å². The molecule has 3 heteroatoms. The summed E-state index contributed by atoms with van der Waals surface area (Å²) in [5, 5.41) is 13.3. The fraction of sp³-hybridized carbons (Fsp3) is 0.278. The van der Waals surface area contributed by atoms with E-state index in [0.29, 0.717) is 5.22 Å². The minimum Gasteiger partial charge on any atom is -0.763 e. The Morgan fingerprint density at radius 3 is 2.29 bits per heavy atom. The zero-order chi connectivity index (χ0) is 15.8. The summed E-state index contributed by atoms with van der Waals surface area (Å²) in [4.78, 5) is 0. The number of rotatable bonds is 1. The van der Waals surface area contributed by atoms with Crippen molar-refractivity contribution in [2.75, 3.05) is 0 Å². The van der Waals surface area contributed by atoms with E-state index in [1.54, 1.807) is 0 Å². The van der Waals surface area contributed by atoms with Crippen LogP contribution in [0.3, 0.4) is 0 Å². The first-order chi connectivity index (χ1) is 9.74.